The van der Waals surface area contributed by atoms with Crippen molar-refractivity contribution >= 4 is 35.0 Å². The summed E-state index contributed by atoms with van der Waals surface area (Å²) < 4.78 is 4.68. The van der Waals surface area contributed by atoms with Crippen molar-refractivity contribution in [1.29, 1.82) is 0 Å². The van der Waals surface area contributed by atoms with E-state index in [1.807, 2.05) is 0 Å². The summed E-state index contributed by atoms with van der Waals surface area (Å²) in [4.78, 5) is 34.7. The molecule has 0 aliphatic heterocycles. The minimum atomic E-state index is -0.537. The summed E-state index contributed by atoms with van der Waals surface area (Å²) in [5.74, 6) is -0.710. The van der Waals surface area contributed by atoms with Crippen molar-refractivity contribution in [2.75, 3.05) is 23.1 Å². The van der Waals surface area contributed by atoms with Crippen LogP contribution in [0.5, 0.6) is 0 Å². The van der Waals surface area contributed by atoms with Gasteiger partial charge in [0.15, 0.2) is 0 Å². The molecule has 0 heterocycles. The molecule has 0 aromatic heterocycles. The number of hydrogen-bond donors (Lipinski definition) is 3. The molecule has 0 radical (unpaired) electrons. The molecule has 3 N–H and O–H groups in total. The second-order valence-electron chi connectivity index (χ2n) is 4.87. The fourth-order valence-electron chi connectivity index (χ4n) is 2.00. The molecule has 0 aliphatic carbocycles. The molecule has 2 rings (SSSR count). The van der Waals surface area contributed by atoms with E-state index in [4.69, 9.17) is 0 Å². The number of para-hydroxylation sites is 1. The lowest BCUT2D eigenvalue weighted by Gasteiger charge is -2.11. The lowest BCUT2D eigenvalue weighted by atomic mass is 10.2. The Hall–Kier alpha value is -3.35. The van der Waals surface area contributed by atoms with Crippen LogP contribution in [-0.4, -0.2) is 25.0 Å². The molecule has 0 saturated carbocycles. The van der Waals surface area contributed by atoms with Gasteiger partial charge in [0.05, 0.1) is 18.4 Å². The van der Waals surface area contributed by atoms with Crippen LogP contribution in [0, 0.1) is 0 Å². The maximum atomic E-state index is 12.1. The zero-order valence-electron chi connectivity index (χ0n) is 13.3. The van der Waals surface area contributed by atoms with Crippen LogP contribution >= 0.6 is 0 Å². The van der Waals surface area contributed by atoms with Crippen molar-refractivity contribution in [2.24, 2.45) is 0 Å². The van der Waals surface area contributed by atoms with Crippen molar-refractivity contribution in [3.05, 3.63) is 54.1 Å². The van der Waals surface area contributed by atoms with Crippen molar-refractivity contribution < 1.29 is 19.1 Å². The van der Waals surface area contributed by atoms with E-state index in [1.165, 1.54) is 14.0 Å². The van der Waals surface area contributed by atoms with Crippen LogP contribution in [0.4, 0.5) is 21.9 Å². The third-order valence-electron chi connectivity index (χ3n) is 3.04. The minimum absolute atomic E-state index is 0.173. The average molecular weight is 327 g/mol. The third-order valence-corrected chi connectivity index (χ3v) is 3.04. The Morgan fingerprint density at radius 1 is 0.833 bits per heavy atom. The van der Waals surface area contributed by atoms with Crippen molar-refractivity contribution in [1.82, 2.24) is 0 Å². The largest absolute Gasteiger partial charge is 0.465 e. The summed E-state index contributed by atoms with van der Waals surface area (Å²) in [5, 5.41) is 7.87. The van der Waals surface area contributed by atoms with Crippen LogP contribution < -0.4 is 16.0 Å². The van der Waals surface area contributed by atoms with E-state index in [1.54, 1.807) is 48.5 Å². The van der Waals surface area contributed by atoms with Gasteiger partial charge in [-0.15, -0.1) is 0 Å². The summed E-state index contributed by atoms with van der Waals surface area (Å²) in [6.07, 6.45) is 0. The molecule has 0 atom stereocenters. The zero-order valence-corrected chi connectivity index (χ0v) is 13.3. The van der Waals surface area contributed by atoms with Crippen LogP contribution in [0.2, 0.25) is 0 Å². The molecule has 0 bridgehead atoms. The van der Waals surface area contributed by atoms with E-state index in [0.29, 0.717) is 17.1 Å². The van der Waals surface area contributed by atoms with Crippen molar-refractivity contribution in [2.45, 2.75) is 6.92 Å². The standard InChI is InChI=1S/C17H17N3O4/c1-11(21)18-12-7-9-13(10-8-12)19-17(23)20-15-6-4-3-5-14(15)16(22)24-2/h3-10H,1-2H3,(H,18,21)(H2,19,20,23). The summed E-state index contributed by atoms with van der Waals surface area (Å²) in [6, 6.07) is 12.7. The second-order valence-corrected chi connectivity index (χ2v) is 4.87. The summed E-state index contributed by atoms with van der Waals surface area (Å²) in [5.41, 5.74) is 1.77. The number of carbonyl (C=O) groups excluding carboxylic acids is 3. The Morgan fingerprint density at radius 3 is 2.00 bits per heavy atom. The van der Waals surface area contributed by atoms with Crippen LogP contribution in [-0.2, 0) is 9.53 Å². The van der Waals surface area contributed by atoms with Gasteiger partial charge in [-0.3, -0.25) is 4.79 Å². The molecule has 2 aromatic carbocycles. The number of anilines is 3. The average Bonchev–Trinajstić information content (AvgIpc) is 2.56. The molecule has 0 unspecified atom stereocenters. The molecule has 3 amide bonds. The molecule has 124 valence electrons. The van der Waals surface area contributed by atoms with E-state index >= 15 is 0 Å². The number of esters is 1. The number of ether oxygens (including phenoxy) is 1. The van der Waals surface area contributed by atoms with E-state index in [-0.39, 0.29) is 11.5 Å². The summed E-state index contributed by atoms with van der Waals surface area (Å²) in [6.45, 7) is 1.42. The highest BCUT2D eigenvalue weighted by atomic mass is 16.5. The van der Waals surface area contributed by atoms with Gasteiger partial charge in [0.25, 0.3) is 0 Å². The van der Waals surface area contributed by atoms with E-state index in [9.17, 15) is 14.4 Å². The molecule has 7 heteroatoms. The first-order chi connectivity index (χ1) is 11.5. The molecule has 0 aliphatic rings. The number of benzene rings is 2. The number of rotatable bonds is 4. The van der Waals surface area contributed by atoms with Gasteiger partial charge in [0.1, 0.15) is 0 Å². The highest BCUT2D eigenvalue weighted by Crippen LogP contribution is 2.17. The van der Waals surface area contributed by atoms with Gasteiger partial charge in [-0.2, -0.15) is 0 Å². The number of amides is 3. The van der Waals surface area contributed by atoms with E-state index in [0.717, 1.165) is 0 Å². The smallest absolute Gasteiger partial charge is 0.339 e. The Bertz CT molecular complexity index is 757. The number of carbonyl (C=O) groups is 3. The van der Waals surface area contributed by atoms with Gasteiger partial charge < -0.3 is 20.7 Å². The Balaban J connectivity index is 2.03. The molecule has 0 fully saturated rings. The van der Waals surface area contributed by atoms with Gasteiger partial charge in [0, 0.05) is 18.3 Å². The van der Waals surface area contributed by atoms with Crippen molar-refractivity contribution in [3.8, 4) is 0 Å². The lowest BCUT2D eigenvalue weighted by Crippen LogP contribution is -2.21. The fraction of sp³-hybridized carbons (Fsp3) is 0.118. The first-order valence-corrected chi connectivity index (χ1v) is 7.12. The molecular formula is C17H17N3O4. The predicted molar refractivity (Wildman–Crippen MR) is 91.2 cm³/mol. The molecular weight excluding hydrogens is 310 g/mol. The third kappa shape index (κ3) is 4.57. The number of nitrogens with one attached hydrogen (secondary N) is 3. The molecule has 0 saturated heterocycles. The highest BCUT2D eigenvalue weighted by Gasteiger charge is 2.13. The monoisotopic (exact) mass is 327 g/mol. The van der Waals surface area contributed by atoms with Crippen LogP contribution in [0.1, 0.15) is 17.3 Å². The minimum Gasteiger partial charge on any atom is -0.465 e. The van der Waals surface area contributed by atoms with E-state index in [2.05, 4.69) is 20.7 Å². The zero-order chi connectivity index (χ0) is 17.5. The van der Waals surface area contributed by atoms with Crippen molar-refractivity contribution in [3.63, 3.8) is 0 Å². The van der Waals surface area contributed by atoms with Gasteiger partial charge in [0.2, 0.25) is 5.91 Å². The van der Waals surface area contributed by atoms with Gasteiger partial charge >= 0.3 is 12.0 Å². The van der Waals surface area contributed by atoms with Gasteiger partial charge in [-0.1, -0.05) is 12.1 Å². The van der Waals surface area contributed by atoms with E-state index < -0.39 is 12.0 Å². The quantitative estimate of drug-likeness (QED) is 0.752. The fourth-order valence-corrected chi connectivity index (χ4v) is 2.00. The number of methoxy groups -OCH3 is 1. The topological polar surface area (TPSA) is 96.5 Å². The molecule has 0 spiro atoms. The first-order valence-electron chi connectivity index (χ1n) is 7.12. The lowest BCUT2D eigenvalue weighted by molar-refractivity contribution is -0.114. The molecule has 7 nitrogen and oxygen atoms in total. The maximum absolute atomic E-state index is 12.1. The second kappa shape index (κ2) is 7.77. The summed E-state index contributed by atoms with van der Waals surface area (Å²) in [7, 11) is 1.27. The number of urea groups is 1. The van der Waals surface area contributed by atoms with Crippen LogP contribution in [0.3, 0.4) is 0 Å². The predicted octanol–water partition coefficient (Wildman–Crippen LogP) is 3.08. The maximum Gasteiger partial charge on any atom is 0.339 e. The SMILES string of the molecule is COC(=O)c1ccccc1NC(=O)Nc1ccc(NC(C)=O)cc1. The van der Waals surface area contributed by atoms with Gasteiger partial charge in [-0.25, -0.2) is 9.59 Å². The Labute approximate surface area is 139 Å². The van der Waals surface area contributed by atoms with Crippen LogP contribution in [0.25, 0.3) is 0 Å². The number of hydrogen-bond acceptors (Lipinski definition) is 4. The Morgan fingerprint density at radius 2 is 1.42 bits per heavy atom. The molecule has 2 aromatic rings. The Kier molecular flexibility index (Phi) is 5.51. The van der Waals surface area contributed by atoms with Crippen LogP contribution in [0.15, 0.2) is 48.5 Å². The van der Waals surface area contributed by atoms with Gasteiger partial charge in [-0.05, 0) is 36.4 Å². The summed E-state index contributed by atoms with van der Waals surface area (Å²) >= 11 is 0. The first kappa shape index (κ1) is 17.0. The highest BCUT2D eigenvalue weighted by molar-refractivity contribution is 6.05. The normalized spacial score (nSPS) is 9.75. The molecule has 24 heavy (non-hydrogen) atoms.